The Labute approximate surface area is 80.5 Å². The highest BCUT2D eigenvalue weighted by atomic mass is 35.5. The number of rotatable bonds is 2. The van der Waals surface area contributed by atoms with E-state index in [-0.39, 0.29) is 10.9 Å². The minimum atomic E-state index is -0.932. The van der Waals surface area contributed by atoms with Crippen LogP contribution in [0.25, 0.3) is 0 Å². The van der Waals surface area contributed by atoms with Gasteiger partial charge in [0.05, 0.1) is 0 Å². The van der Waals surface area contributed by atoms with Crippen LogP contribution in [0, 0.1) is 11.6 Å². The normalized spacial score (nSPS) is 13.0. The lowest BCUT2D eigenvalue weighted by Gasteiger charge is -2.11. The van der Waals surface area contributed by atoms with E-state index in [4.69, 9.17) is 17.3 Å². The Bertz CT molecular complexity index is 315. The van der Waals surface area contributed by atoms with Crippen molar-refractivity contribution in [2.45, 2.75) is 12.8 Å². The van der Waals surface area contributed by atoms with Crippen LogP contribution in [0.4, 0.5) is 8.78 Å². The molecule has 2 N–H and O–H groups in total. The first-order valence-electron chi connectivity index (χ1n) is 3.90. The van der Waals surface area contributed by atoms with Crippen LogP contribution in [-0.2, 0) is 0 Å². The molecular formula is C9H10ClF2N. The SMILES string of the molecule is CC(CN)c1cc(F)c(F)cc1Cl. The molecule has 1 unspecified atom stereocenters. The summed E-state index contributed by atoms with van der Waals surface area (Å²) in [6.45, 7) is 2.16. The third-order valence-corrected chi connectivity index (χ3v) is 2.25. The van der Waals surface area contributed by atoms with Crippen LogP contribution in [0.15, 0.2) is 12.1 Å². The van der Waals surface area contributed by atoms with Gasteiger partial charge in [-0.2, -0.15) is 0 Å². The highest BCUT2D eigenvalue weighted by molar-refractivity contribution is 6.31. The van der Waals surface area contributed by atoms with E-state index in [1.807, 2.05) is 0 Å². The van der Waals surface area contributed by atoms with Gasteiger partial charge < -0.3 is 5.73 Å². The Morgan fingerprint density at radius 2 is 1.92 bits per heavy atom. The molecule has 13 heavy (non-hydrogen) atoms. The predicted molar refractivity (Wildman–Crippen MR) is 48.8 cm³/mol. The summed E-state index contributed by atoms with van der Waals surface area (Å²) in [5, 5.41) is 0.219. The first-order valence-corrected chi connectivity index (χ1v) is 4.28. The molecule has 0 aliphatic heterocycles. The van der Waals surface area contributed by atoms with Gasteiger partial charge in [-0.1, -0.05) is 18.5 Å². The fourth-order valence-electron chi connectivity index (χ4n) is 1.04. The summed E-state index contributed by atoms with van der Waals surface area (Å²) in [5.41, 5.74) is 5.93. The van der Waals surface area contributed by atoms with Crippen molar-refractivity contribution in [3.05, 3.63) is 34.4 Å². The lowest BCUT2D eigenvalue weighted by Crippen LogP contribution is -2.10. The van der Waals surface area contributed by atoms with Crippen LogP contribution in [0.3, 0.4) is 0 Å². The average Bonchev–Trinajstić information content (AvgIpc) is 2.10. The van der Waals surface area contributed by atoms with E-state index >= 15 is 0 Å². The Balaban J connectivity index is 3.15. The third-order valence-electron chi connectivity index (χ3n) is 1.92. The standard InChI is InChI=1S/C9H10ClF2N/c1-5(4-13)6-2-8(11)9(12)3-7(6)10/h2-3,5H,4,13H2,1H3. The van der Waals surface area contributed by atoms with Gasteiger partial charge in [0.2, 0.25) is 0 Å². The molecule has 0 radical (unpaired) electrons. The Hall–Kier alpha value is -0.670. The second-order valence-corrected chi connectivity index (χ2v) is 3.33. The van der Waals surface area contributed by atoms with Crippen molar-refractivity contribution in [1.29, 1.82) is 0 Å². The Kier molecular flexibility index (Phi) is 3.22. The summed E-state index contributed by atoms with van der Waals surface area (Å²) in [6.07, 6.45) is 0. The van der Waals surface area contributed by atoms with Crippen molar-refractivity contribution < 1.29 is 8.78 Å². The molecule has 4 heteroatoms. The van der Waals surface area contributed by atoms with Gasteiger partial charge in [0.1, 0.15) is 0 Å². The summed E-state index contributed by atoms with van der Waals surface area (Å²) in [6, 6.07) is 2.06. The second kappa shape index (κ2) is 4.03. The number of hydrogen-bond donors (Lipinski definition) is 1. The van der Waals surface area contributed by atoms with Crippen LogP contribution in [0.5, 0.6) is 0 Å². The fraction of sp³-hybridized carbons (Fsp3) is 0.333. The van der Waals surface area contributed by atoms with Crippen molar-refractivity contribution >= 4 is 11.6 Å². The van der Waals surface area contributed by atoms with Gasteiger partial charge >= 0.3 is 0 Å². The zero-order chi connectivity index (χ0) is 10.0. The van der Waals surface area contributed by atoms with Crippen LogP contribution in [-0.4, -0.2) is 6.54 Å². The largest absolute Gasteiger partial charge is 0.330 e. The van der Waals surface area contributed by atoms with Crippen molar-refractivity contribution in [2.75, 3.05) is 6.54 Å². The molecule has 0 heterocycles. The third kappa shape index (κ3) is 2.17. The highest BCUT2D eigenvalue weighted by Gasteiger charge is 2.12. The van der Waals surface area contributed by atoms with Crippen molar-refractivity contribution in [3.63, 3.8) is 0 Å². The molecule has 0 fully saturated rings. The van der Waals surface area contributed by atoms with Gasteiger partial charge in [-0.15, -0.1) is 0 Å². The summed E-state index contributed by atoms with van der Waals surface area (Å²) in [7, 11) is 0. The predicted octanol–water partition coefficient (Wildman–Crippen LogP) is 2.68. The zero-order valence-corrected chi connectivity index (χ0v) is 7.91. The zero-order valence-electron chi connectivity index (χ0n) is 7.15. The van der Waals surface area contributed by atoms with Crippen LogP contribution in [0.1, 0.15) is 18.4 Å². The maximum atomic E-state index is 12.8. The van der Waals surface area contributed by atoms with Crippen LogP contribution >= 0.6 is 11.6 Å². The highest BCUT2D eigenvalue weighted by Crippen LogP contribution is 2.26. The summed E-state index contributed by atoms with van der Waals surface area (Å²) in [4.78, 5) is 0. The molecular weight excluding hydrogens is 196 g/mol. The summed E-state index contributed by atoms with van der Waals surface area (Å²) < 4.78 is 25.4. The van der Waals surface area contributed by atoms with E-state index in [2.05, 4.69) is 0 Å². The molecule has 0 bridgehead atoms. The molecule has 0 spiro atoms. The van der Waals surface area contributed by atoms with Crippen molar-refractivity contribution in [1.82, 2.24) is 0 Å². The molecule has 1 nitrogen and oxygen atoms in total. The lowest BCUT2D eigenvalue weighted by molar-refractivity contribution is 0.506. The van der Waals surface area contributed by atoms with E-state index in [1.54, 1.807) is 6.92 Å². The fourth-order valence-corrected chi connectivity index (χ4v) is 1.38. The molecule has 1 aromatic rings. The lowest BCUT2D eigenvalue weighted by atomic mass is 10.0. The molecule has 1 atom stereocenters. The number of hydrogen-bond acceptors (Lipinski definition) is 1. The quantitative estimate of drug-likeness (QED) is 0.739. The van der Waals surface area contributed by atoms with Gasteiger partial charge in [0.15, 0.2) is 11.6 Å². The molecule has 1 aromatic carbocycles. The number of halogens is 3. The Morgan fingerprint density at radius 3 is 2.46 bits per heavy atom. The van der Waals surface area contributed by atoms with Crippen molar-refractivity contribution in [2.24, 2.45) is 5.73 Å². The monoisotopic (exact) mass is 205 g/mol. The molecule has 0 aliphatic rings. The molecule has 0 amide bonds. The first kappa shape index (κ1) is 10.4. The van der Waals surface area contributed by atoms with E-state index in [9.17, 15) is 8.78 Å². The molecule has 0 saturated heterocycles. The molecule has 0 aromatic heterocycles. The van der Waals surface area contributed by atoms with Gasteiger partial charge in [-0.25, -0.2) is 8.78 Å². The molecule has 1 rings (SSSR count). The smallest absolute Gasteiger partial charge is 0.160 e. The second-order valence-electron chi connectivity index (χ2n) is 2.92. The van der Waals surface area contributed by atoms with E-state index in [1.165, 1.54) is 0 Å². The number of nitrogens with two attached hydrogens (primary N) is 1. The van der Waals surface area contributed by atoms with Crippen LogP contribution in [0.2, 0.25) is 5.02 Å². The maximum absolute atomic E-state index is 12.8. The maximum Gasteiger partial charge on any atom is 0.160 e. The topological polar surface area (TPSA) is 26.0 Å². The number of benzene rings is 1. The van der Waals surface area contributed by atoms with Gasteiger partial charge in [-0.05, 0) is 30.2 Å². The van der Waals surface area contributed by atoms with Gasteiger partial charge in [0.25, 0.3) is 0 Å². The first-order chi connectivity index (χ1) is 6.06. The van der Waals surface area contributed by atoms with Crippen molar-refractivity contribution in [3.8, 4) is 0 Å². The van der Waals surface area contributed by atoms with Gasteiger partial charge in [0, 0.05) is 5.02 Å². The van der Waals surface area contributed by atoms with E-state index in [0.29, 0.717) is 12.1 Å². The molecule has 0 aliphatic carbocycles. The minimum absolute atomic E-state index is 0.0670. The van der Waals surface area contributed by atoms with E-state index in [0.717, 1.165) is 12.1 Å². The van der Waals surface area contributed by atoms with Crippen LogP contribution < -0.4 is 5.73 Å². The Morgan fingerprint density at radius 1 is 1.38 bits per heavy atom. The average molecular weight is 206 g/mol. The van der Waals surface area contributed by atoms with Gasteiger partial charge in [-0.3, -0.25) is 0 Å². The minimum Gasteiger partial charge on any atom is -0.330 e. The summed E-state index contributed by atoms with van der Waals surface area (Å²) >= 11 is 5.71. The van der Waals surface area contributed by atoms with E-state index < -0.39 is 11.6 Å². The summed E-state index contributed by atoms with van der Waals surface area (Å²) in [5.74, 6) is -1.89. The molecule has 72 valence electrons. The molecule has 0 saturated carbocycles.